The molecule has 1 fully saturated rings. The van der Waals surface area contributed by atoms with Gasteiger partial charge < -0.3 is 4.74 Å². The van der Waals surface area contributed by atoms with Gasteiger partial charge in [-0.1, -0.05) is 29.3 Å². The second-order valence-electron chi connectivity index (χ2n) is 4.53. The number of carbonyl (C=O) groups is 1. The minimum atomic E-state index is -0.853. The Balaban J connectivity index is 2.14. The summed E-state index contributed by atoms with van der Waals surface area (Å²) in [7, 11) is 0. The van der Waals surface area contributed by atoms with Gasteiger partial charge in [-0.2, -0.15) is 5.26 Å². The van der Waals surface area contributed by atoms with Crippen LogP contribution in [0.2, 0.25) is 10.0 Å². The molecule has 5 heteroatoms. The molecule has 0 aliphatic carbocycles. The Kier molecular flexibility index (Phi) is 4.81. The van der Waals surface area contributed by atoms with Crippen LogP contribution in [0.5, 0.6) is 0 Å². The van der Waals surface area contributed by atoms with Crippen LogP contribution in [0.25, 0.3) is 0 Å². The first-order chi connectivity index (χ1) is 9.11. The Bertz CT molecular complexity index is 519. The Hall–Kier alpha value is -1.08. The molecule has 1 saturated heterocycles. The molecule has 3 nitrogen and oxygen atoms in total. The molecule has 2 atom stereocenters. The number of ether oxygens (including phenoxy) is 1. The number of halogens is 2. The van der Waals surface area contributed by atoms with Crippen LogP contribution in [0, 0.1) is 11.3 Å². The summed E-state index contributed by atoms with van der Waals surface area (Å²) in [6.07, 6.45) is 2.04. The van der Waals surface area contributed by atoms with Crippen molar-refractivity contribution in [2.24, 2.45) is 0 Å². The van der Waals surface area contributed by atoms with Gasteiger partial charge in [0, 0.05) is 23.1 Å². The monoisotopic (exact) mass is 297 g/mol. The molecule has 100 valence electrons. The Morgan fingerprint density at radius 1 is 1.53 bits per heavy atom. The van der Waals surface area contributed by atoms with Gasteiger partial charge in [0.2, 0.25) is 0 Å². The lowest BCUT2D eigenvalue weighted by molar-refractivity contribution is -0.121. The van der Waals surface area contributed by atoms with E-state index in [-0.39, 0.29) is 18.3 Å². The SMILES string of the molecule is N#CC(C(=O)CC1CCCO1)c1ccc(Cl)cc1Cl. The maximum Gasteiger partial charge on any atom is 0.157 e. The fourth-order valence-corrected chi connectivity index (χ4v) is 2.72. The van der Waals surface area contributed by atoms with Crippen LogP contribution in [0.15, 0.2) is 18.2 Å². The Morgan fingerprint density at radius 3 is 2.89 bits per heavy atom. The van der Waals surface area contributed by atoms with Crippen molar-refractivity contribution in [2.75, 3.05) is 6.61 Å². The normalized spacial score (nSPS) is 19.9. The van der Waals surface area contributed by atoms with Gasteiger partial charge >= 0.3 is 0 Å². The van der Waals surface area contributed by atoms with E-state index in [0.29, 0.717) is 22.2 Å². The fraction of sp³-hybridized carbons (Fsp3) is 0.429. The van der Waals surface area contributed by atoms with Gasteiger partial charge in [-0.15, -0.1) is 0 Å². The van der Waals surface area contributed by atoms with E-state index in [0.717, 1.165) is 12.8 Å². The predicted molar refractivity (Wildman–Crippen MR) is 73.4 cm³/mol. The van der Waals surface area contributed by atoms with E-state index in [1.54, 1.807) is 18.2 Å². The number of nitriles is 1. The standard InChI is InChI=1S/C14H13Cl2NO2/c15-9-3-4-11(13(16)6-9)12(8-17)14(18)7-10-2-1-5-19-10/h3-4,6,10,12H,1-2,5,7H2. The van der Waals surface area contributed by atoms with Gasteiger partial charge in [0.05, 0.1) is 12.2 Å². The number of nitrogens with zero attached hydrogens (tertiary/aromatic N) is 1. The summed E-state index contributed by atoms with van der Waals surface area (Å²) in [6.45, 7) is 0.691. The lowest BCUT2D eigenvalue weighted by Crippen LogP contribution is -2.18. The second-order valence-corrected chi connectivity index (χ2v) is 5.38. The summed E-state index contributed by atoms with van der Waals surface area (Å²) >= 11 is 11.9. The molecule has 0 saturated carbocycles. The highest BCUT2D eigenvalue weighted by molar-refractivity contribution is 6.35. The second kappa shape index (κ2) is 6.38. The summed E-state index contributed by atoms with van der Waals surface area (Å²) in [6, 6.07) is 6.83. The highest BCUT2D eigenvalue weighted by Crippen LogP contribution is 2.29. The van der Waals surface area contributed by atoms with Crippen LogP contribution in [0.4, 0.5) is 0 Å². The van der Waals surface area contributed by atoms with Gasteiger partial charge in [-0.05, 0) is 30.5 Å². The maximum absolute atomic E-state index is 12.2. The summed E-state index contributed by atoms with van der Waals surface area (Å²) in [5.41, 5.74) is 0.511. The molecule has 1 aliphatic heterocycles. The zero-order valence-corrected chi connectivity index (χ0v) is 11.7. The van der Waals surface area contributed by atoms with Crippen LogP contribution < -0.4 is 0 Å². The van der Waals surface area contributed by atoms with E-state index in [9.17, 15) is 10.1 Å². The summed E-state index contributed by atoms with van der Waals surface area (Å²) in [5, 5.41) is 10.0. The van der Waals surface area contributed by atoms with Crippen molar-refractivity contribution in [3.63, 3.8) is 0 Å². The lowest BCUT2D eigenvalue weighted by atomic mass is 9.92. The van der Waals surface area contributed by atoms with Crippen LogP contribution in [0.3, 0.4) is 0 Å². The molecule has 0 amide bonds. The number of rotatable bonds is 4. The molecule has 1 aromatic carbocycles. The number of benzene rings is 1. The zero-order chi connectivity index (χ0) is 13.8. The fourth-order valence-electron chi connectivity index (χ4n) is 2.20. The molecule has 0 aromatic heterocycles. The van der Waals surface area contributed by atoms with Crippen molar-refractivity contribution in [3.8, 4) is 6.07 Å². The van der Waals surface area contributed by atoms with E-state index in [1.807, 2.05) is 6.07 Å². The molecule has 0 N–H and O–H groups in total. The first kappa shape index (κ1) is 14.3. The van der Waals surface area contributed by atoms with Gasteiger partial charge in [0.15, 0.2) is 5.78 Å². The van der Waals surface area contributed by atoms with Gasteiger partial charge in [-0.3, -0.25) is 4.79 Å². The molecule has 2 rings (SSSR count). The highest BCUT2D eigenvalue weighted by Gasteiger charge is 2.27. The Labute approximate surface area is 122 Å². The van der Waals surface area contributed by atoms with Crippen LogP contribution in [0.1, 0.15) is 30.7 Å². The minimum absolute atomic E-state index is 0.0607. The number of hydrogen-bond acceptors (Lipinski definition) is 3. The van der Waals surface area contributed by atoms with E-state index in [2.05, 4.69) is 0 Å². The average Bonchev–Trinajstić information content (AvgIpc) is 2.85. The van der Waals surface area contributed by atoms with Crippen molar-refractivity contribution < 1.29 is 9.53 Å². The van der Waals surface area contributed by atoms with E-state index in [1.165, 1.54) is 0 Å². The van der Waals surface area contributed by atoms with Crippen molar-refractivity contribution >= 4 is 29.0 Å². The number of Topliss-reactive ketones (excluding diaryl/α,β-unsaturated/α-hetero) is 1. The van der Waals surface area contributed by atoms with Gasteiger partial charge in [-0.25, -0.2) is 0 Å². The van der Waals surface area contributed by atoms with E-state index in [4.69, 9.17) is 27.9 Å². The topological polar surface area (TPSA) is 50.1 Å². The summed E-state index contributed by atoms with van der Waals surface area (Å²) < 4.78 is 5.42. The molecular weight excluding hydrogens is 285 g/mol. The molecule has 0 spiro atoms. The molecule has 0 radical (unpaired) electrons. The molecular formula is C14H13Cl2NO2. The third kappa shape index (κ3) is 3.48. The van der Waals surface area contributed by atoms with Gasteiger partial charge in [0.1, 0.15) is 5.92 Å². The molecule has 1 aromatic rings. The third-order valence-electron chi connectivity index (χ3n) is 3.18. The van der Waals surface area contributed by atoms with Crippen LogP contribution >= 0.6 is 23.2 Å². The zero-order valence-electron chi connectivity index (χ0n) is 10.2. The minimum Gasteiger partial charge on any atom is -0.378 e. The number of hydrogen-bond donors (Lipinski definition) is 0. The third-order valence-corrected chi connectivity index (χ3v) is 3.74. The number of carbonyl (C=O) groups excluding carboxylic acids is 1. The average molecular weight is 298 g/mol. The van der Waals surface area contributed by atoms with Crippen molar-refractivity contribution in [2.45, 2.75) is 31.3 Å². The Morgan fingerprint density at radius 2 is 2.32 bits per heavy atom. The first-order valence-electron chi connectivity index (χ1n) is 6.10. The van der Waals surface area contributed by atoms with Crippen LogP contribution in [-0.4, -0.2) is 18.5 Å². The van der Waals surface area contributed by atoms with Crippen molar-refractivity contribution in [1.82, 2.24) is 0 Å². The quantitative estimate of drug-likeness (QED) is 0.850. The molecule has 1 aliphatic rings. The molecule has 1 heterocycles. The van der Waals surface area contributed by atoms with Crippen molar-refractivity contribution in [1.29, 1.82) is 5.26 Å². The number of ketones is 1. The highest BCUT2D eigenvalue weighted by atomic mass is 35.5. The van der Waals surface area contributed by atoms with Crippen molar-refractivity contribution in [3.05, 3.63) is 33.8 Å². The summed E-state index contributed by atoms with van der Waals surface area (Å²) in [4.78, 5) is 12.2. The predicted octanol–water partition coefficient (Wildman–Crippen LogP) is 3.74. The first-order valence-corrected chi connectivity index (χ1v) is 6.86. The largest absolute Gasteiger partial charge is 0.378 e. The smallest absolute Gasteiger partial charge is 0.157 e. The van der Waals surface area contributed by atoms with Gasteiger partial charge in [0.25, 0.3) is 0 Å². The van der Waals surface area contributed by atoms with E-state index >= 15 is 0 Å². The molecule has 19 heavy (non-hydrogen) atoms. The molecule has 2 unspecified atom stereocenters. The van der Waals surface area contributed by atoms with E-state index < -0.39 is 5.92 Å². The summed E-state index contributed by atoms with van der Waals surface area (Å²) in [5.74, 6) is -1.01. The maximum atomic E-state index is 12.2. The van der Waals surface area contributed by atoms with Crippen LogP contribution in [-0.2, 0) is 9.53 Å². The lowest BCUT2D eigenvalue weighted by Gasteiger charge is -2.13. The molecule has 0 bridgehead atoms.